The van der Waals surface area contributed by atoms with Gasteiger partial charge in [-0.15, -0.1) is 0 Å². The van der Waals surface area contributed by atoms with Crippen LogP contribution >= 0.6 is 15.9 Å². The van der Waals surface area contributed by atoms with Crippen molar-refractivity contribution in [1.82, 2.24) is 10.2 Å². The second-order valence-electron chi connectivity index (χ2n) is 5.20. The number of rotatable bonds is 5. The van der Waals surface area contributed by atoms with Crippen molar-refractivity contribution in [2.45, 2.75) is 18.9 Å². The van der Waals surface area contributed by atoms with Crippen LogP contribution in [0.15, 0.2) is 28.7 Å². The van der Waals surface area contributed by atoms with E-state index in [0.29, 0.717) is 13.0 Å². The van der Waals surface area contributed by atoms with E-state index in [9.17, 15) is 4.79 Å². The van der Waals surface area contributed by atoms with Crippen LogP contribution in [0.2, 0.25) is 0 Å². The summed E-state index contributed by atoms with van der Waals surface area (Å²) >= 11 is 3.38. The predicted octanol–water partition coefficient (Wildman–Crippen LogP) is 1.83. The molecule has 1 fully saturated rings. The summed E-state index contributed by atoms with van der Waals surface area (Å²) < 4.78 is 6.69. The maximum absolute atomic E-state index is 11.8. The number of ether oxygens (including phenoxy) is 1. The molecular formula is C15H21BrN2O2. The molecule has 1 aromatic carbocycles. The number of morpholine rings is 1. The number of benzene rings is 1. The van der Waals surface area contributed by atoms with Crippen molar-refractivity contribution in [2.24, 2.45) is 0 Å². The third-order valence-corrected chi connectivity index (χ3v) is 3.94. The lowest BCUT2D eigenvalue weighted by atomic mass is 10.1. The summed E-state index contributed by atoms with van der Waals surface area (Å²) in [5.74, 6) is 0.0662. The van der Waals surface area contributed by atoms with Crippen LogP contribution < -0.4 is 5.32 Å². The van der Waals surface area contributed by atoms with Crippen molar-refractivity contribution in [2.75, 3.05) is 33.3 Å². The molecule has 20 heavy (non-hydrogen) atoms. The minimum atomic E-state index is 0.0662. The quantitative estimate of drug-likeness (QED) is 0.889. The molecule has 0 radical (unpaired) electrons. The van der Waals surface area contributed by atoms with Gasteiger partial charge in [0.05, 0.1) is 19.1 Å². The molecular weight excluding hydrogens is 320 g/mol. The van der Waals surface area contributed by atoms with E-state index >= 15 is 0 Å². The van der Waals surface area contributed by atoms with E-state index in [1.165, 1.54) is 0 Å². The second kappa shape index (κ2) is 7.76. The van der Waals surface area contributed by atoms with Crippen LogP contribution in [0.25, 0.3) is 0 Å². The molecule has 1 N–H and O–H groups in total. The molecule has 1 aliphatic rings. The van der Waals surface area contributed by atoms with Crippen molar-refractivity contribution in [1.29, 1.82) is 0 Å². The molecule has 0 saturated carbocycles. The summed E-state index contributed by atoms with van der Waals surface area (Å²) in [6.07, 6.45) is 1.54. The molecule has 1 unspecified atom stereocenters. The highest BCUT2D eigenvalue weighted by Gasteiger charge is 2.17. The zero-order valence-corrected chi connectivity index (χ0v) is 13.4. The van der Waals surface area contributed by atoms with Gasteiger partial charge >= 0.3 is 0 Å². The number of halogens is 1. The molecule has 1 saturated heterocycles. The minimum absolute atomic E-state index is 0.0662. The van der Waals surface area contributed by atoms with Crippen LogP contribution in [0.1, 0.15) is 12.0 Å². The number of carbonyl (C=O) groups excluding carboxylic acids is 1. The topological polar surface area (TPSA) is 41.6 Å². The van der Waals surface area contributed by atoms with Crippen LogP contribution in [-0.4, -0.2) is 50.2 Å². The van der Waals surface area contributed by atoms with E-state index in [1.54, 1.807) is 0 Å². The van der Waals surface area contributed by atoms with Crippen molar-refractivity contribution in [3.05, 3.63) is 34.3 Å². The Labute approximate surface area is 128 Å². The van der Waals surface area contributed by atoms with Gasteiger partial charge in [0, 0.05) is 24.1 Å². The van der Waals surface area contributed by atoms with E-state index in [1.807, 2.05) is 24.3 Å². The van der Waals surface area contributed by atoms with E-state index in [-0.39, 0.29) is 12.0 Å². The maximum Gasteiger partial charge on any atom is 0.224 e. The Kier molecular flexibility index (Phi) is 6.01. The summed E-state index contributed by atoms with van der Waals surface area (Å²) in [5, 5.41) is 2.96. The van der Waals surface area contributed by atoms with Crippen molar-refractivity contribution >= 4 is 21.8 Å². The molecule has 1 amide bonds. The summed E-state index contributed by atoms with van der Waals surface area (Å²) in [6, 6.07) is 7.83. The smallest absolute Gasteiger partial charge is 0.224 e. The van der Waals surface area contributed by atoms with E-state index < -0.39 is 0 Å². The van der Waals surface area contributed by atoms with Gasteiger partial charge in [-0.1, -0.05) is 28.1 Å². The molecule has 1 aliphatic heterocycles. The molecule has 5 heteroatoms. The van der Waals surface area contributed by atoms with Gasteiger partial charge in [0.2, 0.25) is 5.91 Å². The highest BCUT2D eigenvalue weighted by atomic mass is 79.9. The normalized spacial score (nSPS) is 19.8. The number of carbonyl (C=O) groups is 1. The third-order valence-electron chi connectivity index (χ3n) is 3.41. The Morgan fingerprint density at radius 3 is 2.90 bits per heavy atom. The number of nitrogens with one attached hydrogen (secondary N) is 1. The predicted molar refractivity (Wildman–Crippen MR) is 82.7 cm³/mol. The Morgan fingerprint density at radius 1 is 1.45 bits per heavy atom. The molecule has 2 rings (SSSR count). The van der Waals surface area contributed by atoms with Gasteiger partial charge in [0.25, 0.3) is 0 Å². The van der Waals surface area contributed by atoms with Crippen LogP contribution in [0.3, 0.4) is 0 Å². The van der Waals surface area contributed by atoms with Gasteiger partial charge in [-0.3, -0.25) is 4.79 Å². The fraction of sp³-hybridized carbons (Fsp3) is 0.533. The molecule has 4 nitrogen and oxygen atoms in total. The molecule has 0 aromatic heterocycles. The Hall–Kier alpha value is -0.910. The third kappa shape index (κ3) is 5.23. The zero-order valence-electron chi connectivity index (χ0n) is 11.8. The van der Waals surface area contributed by atoms with Crippen molar-refractivity contribution < 1.29 is 9.53 Å². The van der Waals surface area contributed by atoms with Crippen LogP contribution in [-0.2, 0) is 16.0 Å². The number of amides is 1. The Bertz CT molecular complexity index is 436. The first-order chi connectivity index (χ1) is 9.63. The summed E-state index contributed by atoms with van der Waals surface area (Å²) in [4.78, 5) is 14.1. The van der Waals surface area contributed by atoms with Gasteiger partial charge in [-0.25, -0.2) is 0 Å². The highest BCUT2D eigenvalue weighted by Crippen LogP contribution is 2.11. The fourth-order valence-corrected chi connectivity index (χ4v) is 2.53. The largest absolute Gasteiger partial charge is 0.375 e. The van der Waals surface area contributed by atoms with Gasteiger partial charge < -0.3 is 15.0 Å². The minimum Gasteiger partial charge on any atom is -0.375 e. The van der Waals surface area contributed by atoms with Crippen LogP contribution in [0.5, 0.6) is 0 Å². The van der Waals surface area contributed by atoms with Crippen molar-refractivity contribution in [3.8, 4) is 0 Å². The first-order valence-corrected chi connectivity index (χ1v) is 7.74. The van der Waals surface area contributed by atoms with Crippen molar-refractivity contribution in [3.63, 3.8) is 0 Å². The first-order valence-electron chi connectivity index (χ1n) is 6.95. The fourth-order valence-electron chi connectivity index (χ4n) is 2.26. The molecule has 0 spiro atoms. The molecule has 1 atom stereocenters. The van der Waals surface area contributed by atoms with Crippen LogP contribution in [0.4, 0.5) is 0 Å². The molecule has 110 valence electrons. The SMILES string of the molecule is CN1CCOC(CCNC(=O)Cc2ccc(Br)cc2)C1. The number of nitrogens with zero attached hydrogens (tertiary/aromatic N) is 1. The van der Waals surface area contributed by atoms with Gasteiger partial charge in [-0.2, -0.15) is 0 Å². The molecule has 1 aromatic rings. The summed E-state index contributed by atoms with van der Waals surface area (Å²) in [7, 11) is 2.10. The first kappa shape index (κ1) is 15.5. The maximum atomic E-state index is 11.8. The average Bonchev–Trinajstić information content (AvgIpc) is 2.41. The number of likely N-dealkylation sites (N-methyl/N-ethyl adjacent to an activating group) is 1. The number of hydrogen-bond acceptors (Lipinski definition) is 3. The lowest BCUT2D eigenvalue weighted by molar-refractivity contribution is -0.120. The van der Waals surface area contributed by atoms with Gasteiger partial charge in [0.15, 0.2) is 0 Å². The average molecular weight is 341 g/mol. The zero-order chi connectivity index (χ0) is 14.4. The molecule has 1 heterocycles. The summed E-state index contributed by atoms with van der Waals surface area (Å²) in [5.41, 5.74) is 1.03. The monoisotopic (exact) mass is 340 g/mol. The lowest BCUT2D eigenvalue weighted by Crippen LogP contribution is -2.41. The standard InChI is InChI=1S/C15H21BrN2O2/c1-18-8-9-20-14(11-18)6-7-17-15(19)10-12-2-4-13(16)5-3-12/h2-5,14H,6-11H2,1H3,(H,17,19). The molecule has 0 bridgehead atoms. The Balaban J connectivity index is 1.66. The molecule has 0 aliphatic carbocycles. The highest BCUT2D eigenvalue weighted by molar-refractivity contribution is 9.10. The summed E-state index contributed by atoms with van der Waals surface area (Å²) in [6.45, 7) is 3.40. The van der Waals surface area contributed by atoms with E-state index in [0.717, 1.165) is 36.2 Å². The van der Waals surface area contributed by atoms with E-state index in [4.69, 9.17) is 4.74 Å². The second-order valence-corrected chi connectivity index (χ2v) is 6.11. The van der Waals surface area contributed by atoms with Crippen LogP contribution in [0, 0.1) is 0 Å². The number of hydrogen-bond donors (Lipinski definition) is 1. The Morgan fingerprint density at radius 2 is 2.20 bits per heavy atom. The lowest BCUT2D eigenvalue weighted by Gasteiger charge is -2.30. The van der Waals surface area contributed by atoms with E-state index in [2.05, 4.69) is 33.2 Å². The van der Waals surface area contributed by atoms with Gasteiger partial charge in [-0.05, 0) is 31.2 Å². The van der Waals surface area contributed by atoms with Gasteiger partial charge in [0.1, 0.15) is 0 Å².